The van der Waals surface area contributed by atoms with Gasteiger partial charge in [0.15, 0.2) is 0 Å². The maximum absolute atomic E-state index is 9.00. The normalized spacial score (nSPS) is 22.9. The molecule has 1 aliphatic rings. The number of rotatable bonds is 3. The van der Waals surface area contributed by atoms with E-state index in [1.54, 1.807) is 0 Å². The number of nitrogens with one attached hydrogen (secondary N) is 1. The van der Waals surface area contributed by atoms with E-state index in [1.807, 2.05) is 0 Å². The lowest BCUT2D eigenvalue weighted by Crippen LogP contribution is -2.62. The van der Waals surface area contributed by atoms with Crippen molar-refractivity contribution in [2.75, 3.05) is 13.1 Å². The lowest BCUT2D eigenvalue weighted by atomic mass is 9.94. The molecular formula is C16H23N3. The van der Waals surface area contributed by atoms with Crippen LogP contribution in [0.25, 0.3) is 0 Å². The van der Waals surface area contributed by atoms with Crippen LogP contribution in [-0.4, -0.2) is 29.6 Å². The Morgan fingerprint density at radius 2 is 2.05 bits per heavy atom. The zero-order chi connectivity index (χ0) is 13.9. The van der Waals surface area contributed by atoms with Gasteiger partial charge in [-0.15, -0.1) is 0 Å². The van der Waals surface area contributed by atoms with Crippen LogP contribution in [0.3, 0.4) is 0 Å². The summed E-state index contributed by atoms with van der Waals surface area (Å²) >= 11 is 0. The third kappa shape index (κ3) is 3.34. The van der Waals surface area contributed by atoms with Crippen molar-refractivity contribution in [2.24, 2.45) is 0 Å². The van der Waals surface area contributed by atoms with Crippen molar-refractivity contribution in [1.29, 1.82) is 5.26 Å². The molecule has 19 heavy (non-hydrogen) atoms. The van der Waals surface area contributed by atoms with E-state index >= 15 is 0 Å². The Balaban J connectivity index is 2.17. The summed E-state index contributed by atoms with van der Waals surface area (Å²) in [6.45, 7) is 9.40. The number of nitriles is 1. The molecular weight excluding hydrogens is 234 g/mol. The van der Waals surface area contributed by atoms with E-state index in [2.05, 4.69) is 61.3 Å². The van der Waals surface area contributed by atoms with Gasteiger partial charge in [0.25, 0.3) is 0 Å². The lowest BCUT2D eigenvalue weighted by molar-refractivity contribution is 0.0311. The van der Waals surface area contributed by atoms with E-state index in [0.29, 0.717) is 12.5 Å². The van der Waals surface area contributed by atoms with Crippen molar-refractivity contribution in [3.63, 3.8) is 0 Å². The molecule has 3 nitrogen and oxygen atoms in total. The molecule has 0 saturated carbocycles. The first-order chi connectivity index (χ1) is 9.03. The van der Waals surface area contributed by atoms with Gasteiger partial charge >= 0.3 is 0 Å². The van der Waals surface area contributed by atoms with E-state index in [1.165, 1.54) is 11.1 Å². The summed E-state index contributed by atoms with van der Waals surface area (Å²) in [6.07, 6.45) is 0.586. The molecule has 1 aromatic carbocycles. The predicted molar refractivity (Wildman–Crippen MR) is 77.7 cm³/mol. The molecule has 0 aliphatic carbocycles. The van der Waals surface area contributed by atoms with Crippen molar-refractivity contribution in [3.8, 4) is 6.07 Å². The Bertz CT molecular complexity index is 456. The number of benzene rings is 1. The van der Waals surface area contributed by atoms with Gasteiger partial charge in [-0.3, -0.25) is 4.90 Å². The summed E-state index contributed by atoms with van der Waals surface area (Å²) in [4.78, 5) is 2.47. The molecule has 0 radical (unpaired) electrons. The highest BCUT2D eigenvalue weighted by Crippen LogP contribution is 2.25. The molecule has 0 amide bonds. The van der Waals surface area contributed by atoms with Crippen LogP contribution in [0.1, 0.15) is 31.4 Å². The van der Waals surface area contributed by atoms with Crippen LogP contribution in [0.5, 0.6) is 0 Å². The summed E-state index contributed by atoms with van der Waals surface area (Å²) in [5.74, 6) is 0. The van der Waals surface area contributed by atoms with Crippen LogP contribution in [0, 0.1) is 18.3 Å². The number of hydrogen-bond donors (Lipinski definition) is 1. The Labute approximate surface area is 116 Å². The third-order valence-corrected chi connectivity index (χ3v) is 3.96. The summed E-state index contributed by atoms with van der Waals surface area (Å²) in [5, 5.41) is 12.4. The standard InChI is InChI=1S/C16H23N3/c1-13-4-6-14(7-5-13)11-19-15(8-9-17)10-18-12-16(19,2)3/h4-7,15,18H,8,10-12H2,1-3H3. The Morgan fingerprint density at radius 3 is 2.68 bits per heavy atom. The second-order valence-electron chi connectivity index (χ2n) is 6.07. The predicted octanol–water partition coefficient (Wildman–Crippen LogP) is 2.46. The number of aryl methyl sites for hydroxylation is 1. The molecule has 3 heteroatoms. The van der Waals surface area contributed by atoms with Gasteiger partial charge < -0.3 is 5.32 Å². The highest BCUT2D eigenvalue weighted by atomic mass is 15.3. The van der Waals surface area contributed by atoms with E-state index in [9.17, 15) is 0 Å². The minimum absolute atomic E-state index is 0.0879. The summed E-state index contributed by atoms with van der Waals surface area (Å²) in [5.41, 5.74) is 2.70. The molecule has 1 fully saturated rings. The van der Waals surface area contributed by atoms with Gasteiger partial charge in [-0.2, -0.15) is 5.26 Å². The second kappa shape index (κ2) is 5.73. The van der Waals surface area contributed by atoms with Gasteiger partial charge in [-0.05, 0) is 26.3 Å². The SMILES string of the molecule is Cc1ccc(CN2C(CC#N)CNCC2(C)C)cc1. The minimum atomic E-state index is 0.0879. The fourth-order valence-corrected chi connectivity index (χ4v) is 2.77. The highest BCUT2D eigenvalue weighted by Gasteiger charge is 2.35. The van der Waals surface area contributed by atoms with Crippen LogP contribution in [0.15, 0.2) is 24.3 Å². The fraction of sp³-hybridized carbons (Fsp3) is 0.562. The Hall–Kier alpha value is -1.37. The van der Waals surface area contributed by atoms with Crippen molar-refractivity contribution in [3.05, 3.63) is 35.4 Å². The van der Waals surface area contributed by atoms with Crippen molar-refractivity contribution >= 4 is 0 Å². The average Bonchev–Trinajstić information content (AvgIpc) is 2.36. The molecule has 0 bridgehead atoms. The maximum atomic E-state index is 9.00. The minimum Gasteiger partial charge on any atom is -0.313 e. The molecule has 2 rings (SSSR count). The van der Waals surface area contributed by atoms with Crippen molar-refractivity contribution in [1.82, 2.24) is 10.2 Å². The molecule has 1 atom stereocenters. The number of hydrogen-bond acceptors (Lipinski definition) is 3. The first-order valence-electron chi connectivity index (χ1n) is 6.93. The Morgan fingerprint density at radius 1 is 1.37 bits per heavy atom. The van der Waals surface area contributed by atoms with Gasteiger partial charge in [0.2, 0.25) is 0 Å². The van der Waals surface area contributed by atoms with Crippen LogP contribution < -0.4 is 5.32 Å². The van der Waals surface area contributed by atoms with Gasteiger partial charge in [-0.1, -0.05) is 29.8 Å². The quantitative estimate of drug-likeness (QED) is 0.904. The zero-order valence-electron chi connectivity index (χ0n) is 12.1. The number of nitrogens with zero attached hydrogens (tertiary/aromatic N) is 2. The van der Waals surface area contributed by atoms with Gasteiger partial charge in [0.05, 0.1) is 12.5 Å². The zero-order valence-corrected chi connectivity index (χ0v) is 12.1. The molecule has 1 N–H and O–H groups in total. The molecule has 1 saturated heterocycles. The highest BCUT2D eigenvalue weighted by molar-refractivity contribution is 5.21. The van der Waals surface area contributed by atoms with E-state index in [-0.39, 0.29) is 5.54 Å². The van der Waals surface area contributed by atoms with Crippen LogP contribution in [-0.2, 0) is 6.54 Å². The third-order valence-electron chi connectivity index (χ3n) is 3.96. The first-order valence-corrected chi connectivity index (χ1v) is 6.93. The summed E-state index contributed by atoms with van der Waals surface area (Å²) in [6, 6.07) is 11.3. The largest absolute Gasteiger partial charge is 0.313 e. The van der Waals surface area contributed by atoms with Crippen molar-refractivity contribution in [2.45, 2.75) is 45.3 Å². The summed E-state index contributed by atoms with van der Waals surface area (Å²) in [7, 11) is 0. The van der Waals surface area contributed by atoms with Gasteiger partial charge in [0.1, 0.15) is 0 Å². The van der Waals surface area contributed by atoms with Gasteiger partial charge in [0, 0.05) is 31.2 Å². The second-order valence-corrected chi connectivity index (χ2v) is 6.07. The average molecular weight is 257 g/mol. The molecule has 1 unspecified atom stereocenters. The maximum Gasteiger partial charge on any atom is 0.0638 e. The van der Waals surface area contributed by atoms with E-state index in [4.69, 9.17) is 5.26 Å². The van der Waals surface area contributed by atoms with Crippen LogP contribution in [0.4, 0.5) is 0 Å². The topological polar surface area (TPSA) is 39.1 Å². The molecule has 102 valence electrons. The molecule has 0 aromatic heterocycles. The smallest absolute Gasteiger partial charge is 0.0638 e. The Kier molecular flexibility index (Phi) is 4.24. The van der Waals surface area contributed by atoms with E-state index < -0.39 is 0 Å². The monoisotopic (exact) mass is 257 g/mol. The summed E-state index contributed by atoms with van der Waals surface area (Å²) < 4.78 is 0. The van der Waals surface area contributed by atoms with Gasteiger partial charge in [-0.25, -0.2) is 0 Å². The lowest BCUT2D eigenvalue weighted by Gasteiger charge is -2.47. The molecule has 1 aliphatic heterocycles. The number of piperazine rings is 1. The van der Waals surface area contributed by atoms with Crippen molar-refractivity contribution < 1.29 is 0 Å². The fourth-order valence-electron chi connectivity index (χ4n) is 2.77. The first kappa shape index (κ1) is 14.0. The molecule has 1 aromatic rings. The molecule has 1 heterocycles. The van der Waals surface area contributed by atoms with Crippen LogP contribution >= 0.6 is 0 Å². The molecule has 0 spiro atoms. The van der Waals surface area contributed by atoms with E-state index in [0.717, 1.165) is 19.6 Å². The van der Waals surface area contributed by atoms with Crippen LogP contribution in [0.2, 0.25) is 0 Å².